The second-order valence-electron chi connectivity index (χ2n) is 6.35. The van der Waals surface area contributed by atoms with Crippen LogP contribution < -0.4 is 14.4 Å². The molecule has 7 nitrogen and oxygen atoms in total. The first-order valence-electron chi connectivity index (χ1n) is 9.09. The number of anilines is 1. The van der Waals surface area contributed by atoms with Crippen molar-refractivity contribution in [1.29, 1.82) is 0 Å². The first-order valence-corrected chi connectivity index (χ1v) is 9.09. The number of ether oxygens (including phenoxy) is 3. The predicted octanol–water partition coefficient (Wildman–Crippen LogP) is 2.21. The number of nitrogens with zero attached hydrogens (tertiary/aromatic N) is 2. The van der Waals surface area contributed by atoms with Crippen LogP contribution in [0.1, 0.15) is 10.4 Å². The van der Waals surface area contributed by atoms with E-state index in [1.807, 2.05) is 24.3 Å². The summed E-state index contributed by atoms with van der Waals surface area (Å²) >= 11 is 0. The monoisotopic (exact) mass is 384 g/mol. The summed E-state index contributed by atoms with van der Waals surface area (Å²) in [6, 6.07) is 14.5. The molecule has 2 aromatic rings. The van der Waals surface area contributed by atoms with Crippen LogP contribution in [0.15, 0.2) is 48.5 Å². The Kier molecular flexibility index (Phi) is 6.37. The van der Waals surface area contributed by atoms with E-state index in [1.54, 1.807) is 36.3 Å². The molecular weight excluding hydrogens is 360 g/mol. The summed E-state index contributed by atoms with van der Waals surface area (Å²) in [6.07, 6.45) is 0. The summed E-state index contributed by atoms with van der Waals surface area (Å²) in [6.45, 7) is 2.23. The highest BCUT2D eigenvalue weighted by Crippen LogP contribution is 2.28. The Labute approximate surface area is 164 Å². The molecule has 7 heteroatoms. The van der Waals surface area contributed by atoms with Crippen molar-refractivity contribution in [2.45, 2.75) is 0 Å². The molecular formula is C21H24N2O5. The van der Waals surface area contributed by atoms with Crippen LogP contribution in [0.4, 0.5) is 5.69 Å². The van der Waals surface area contributed by atoms with Crippen molar-refractivity contribution in [3.63, 3.8) is 0 Å². The van der Waals surface area contributed by atoms with Crippen molar-refractivity contribution < 1.29 is 23.8 Å². The van der Waals surface area contributed by atoms with E-state index in [0.29, 0.717) is 37.5 Å². The minimum atomic E-state index is -0.542. The van der Waals surface area contributed by atoms with Gasteiger partial charge in [0.15, 0.2) is 6.61 Å². The second-order valence-corrected chi connectivity index (χ2v) is 6.35. The molecule has 1 aliphatic heterocycles. The molecule has 0 unspecified atom stereocenters. The number of amides is 1. The van der Waals surface area contributed by atoms with E-state index in [-0.39, 0.29) is 12.5 Å². The number of hydrogen-bond donors (Lipinski definition) is 0. The van der Waals surface area contributed by atoms with Gasteiger partial charge in [-0.15, -0.1) is 0 Å². The predicted molar refractivity (Wildman–Crippen MR) is 105 cm³/mol. The number of methoxy groups -OCH3 is 2. The topological polar surface area (TPSA) is 68.3 Å². The number of piperazine rings is 1. The first-order chi connectivity index (χ1) is 13.6. The van der Waals surface area contributed by atoms with Gasteiger partial charge in [-0.1, -0.05) is 18.2 Å². The van der Waals surface area contributed by atoms with E-state index < -0.39 is 5.97 Å². The van der Waals surface area contributed by atoms with Gasteiger partial charge in [0.2, 0.25) is 0 Å². The number of hydrogen-bond acceptors (Lipinski definition) is 6. The lowest BCUT2D eigenvalue weighted by atomic mass is 10.2. The average Bonchev–Trinajstić information content (AvgIpc) is 2.77. The number of carbonyl (C=O) groups is 2. The molecule has 0 bridgehead atoms. The quantitative estimate of drug-likeness (QED) is 0.712. The molecule has 0 radical (unpaired) electrons. The Bertz CT molecular complexity index is 831. The highest BCUT2D eigenvalue weighted by atomic mass is 16.5. The maximum Gasteiger partial charge on any atom is 0.338 e. The Balaban J connectivity index is 1.50. The first kappa shape index (κ1) is 19.5. The zero-order valence-electron chi connectivity index (χ0n) is 16.1. The van der Waals surface area contributed by atoms with Crippen molar-refractivity contribution >= 4 is 17.6 Å². The highest BCUT2D eigenvalue weighted by molar-refractivity contribution is 5.91. The van der Waals surface area contributed by atoms with E-state index in [9.17, 15) is 9.59 Å². The number of carbonyl (C=O) groups excluding carboxylic acids is 2. The molecule has 1 heterocycles. The summed E-state index contributed by atoms with van der Waals surface area (Å²) in [5, 5.41) is 0. The third kappa shape index (κ3) is 4.54. The molecule has 0 saturated carbocycles. The standard InChI is InChI=1S/C21H24N2O5/c1-26-17-7-5-6-16(14-17)21(25)28-15-20(24)23-12-10-22(11-13-23)18-8-3-4-9-19(18)27-2/h3-9,14H,10-13,15H2,1-2H3. The van der Waals surface area contributed by atoms with Crippen LogP contribution in [0.5, 0.6) is 11.5 Å². The lowest BCUT2D eigenvalue weighted by Gasteiger charge is -2.36. The van der Waals surface area contributed by atoms with E-state index in [2.05, 4.69) is 4.90 Å². The zero-order chi connectivity index (χ0) is 19.9. The van der Waals surface area contributed by atoms with Gasteiger partial charge in [-0.25, -0.2) is 4.79 Å². The van der Waals surface area contributed by atoms with E-state index in [0.717, 1.165) is 11.4 Å². The fraction of sp³-hybridized carbons (Fsp3) is 0.333. The van der Waals surface area contributed by atoms with Crippen LogP contribution in [0, 0.1) is 0 Å². The molecule has 1 saturated heterocycles. The summed E-state index contributed by atoms with van der Waals surface area (Å²) in [5.41, 5.74) is 1.37. The molecule has 0 aromatic heterocycles. The smallest absolute Gasteiger partial charge is 0.338 e. The average molecular weight is 384 g/mol. The summed E-state index contributed by atoms with van der Waals surface area (Å²) in [7, 11) is 3.17. The number of esters is 1. The van der Waals surface area contributed by atoms with Gasteiger partial charge in [-0.05, 0) is 30.3 Å². The van der Waals surface area contributed by atoms with Gasteiger partial charge in [-0.3, -0.25) is 4.79 Å². The molecule has 1 aliphatic rings. The van der Waals surface area contributed by atoms with Crippen LogP contribution in [-0.4, -0.2) is 63.8 Å². The Morgan fingerprint density at radius 1 is 0.929 bits per heavy atom. The maximum atomic E-state index is 12.4. The summed E-state index contributed by atoms with van der Waals surface area (Å²) in [5.74, 6) is 0.638. The Morgan fingerprint density at radius 2 is 1.68 bits per heavy atom. The maximum absolute atomic E-state index is 12.4. The fourth-order valence-electron chi connectivity index (χ4n) is 3.14. The normalized spacial score (nSPS) is 13.8. The SMILES string of the molecule is COc1cccc(C(=O)OCC(=O)N2CCN(c3ccccc3OC)CC2)c1. The van der Waals surface area contributed by atoms with Crippen LogP contribution in [0.3, 0.4) is 0 Å². The molecule has 2 aromatic carbocycles. The van der Waals surface area contributed by atoms with Gasteiger partial charge in [0, 0.05) is 26.2 Å². The van der Waals surface area contributed by atoms with Crippen LogP contribution in [-0.2, 0) is 9.53 Å². The molecule has 0 spiro atoms. The number of para-hydroxylation sites is 2. The molecule has 3 rings (SSSR count). The van der Waals surface area contributed by atoms with E-state index in [1.165, 1.54) is 7.11 Å². The fourth-order valence-corrected chi connectivity index (χ4v) is 3.14. The second kappa shape index (κ2) is 9.12. The number of benzene rings is 2. The largest absolute Gasteiger partial charge is 0.497 e. The minimum absolute atomic E-state index is 0.198. The third-order valence-electron chi connectivity index (χ3n) is 4.69. The lowest BCUT2D eigenvalue weighted by molar-refractivity contribution is -0.134. The van der Waals surface area contributed by atoms with Crippen molar-refractivity contribution in [2.24, 2.45) is 0 Å². The minimum Gasteiger partial charge on any atom is -0.497 e. The van der Waals surface area contributed by atoms with Gasteiger partial charge >= 0.3 is 5.97 Å². The van der Waals surface area contributed by atoms with Crippen molar-refractivity contribution in [2.75, 3.05) is 51.9 Å². The van der Waals surface area contributed by atoms with Crippen LogP contribution >= 0.6 is 0 Å². The Morgan fingerprint density at radius 3 is 2.39 bits per heavy atom. The van der Waals surface area contributed by atoms with Gasteiger partial charge in [0.05, 0.1) is 25.5 Å². The van der Waals surface area contributed by atoms with E-state index in [4.69, 9.17) is 14.2 Å². The van der Waals surface area contributed by atoms with Crippen molar-refractivity contribution in [1.82, 2.24) is 4.90 Å². The highest BCUT2D eigenvalue weighted by Gasteiger charge is 2.23. The van der Waals surface area contributed by atoms with Gasteiger partial charge in [0.25, 0.3) is 5.91 Å². The summed E-state index contributed by atoms with van der Waals surface area (Å²) < 4.78 is 15.7. The molecule has 1 amide bonds. The molecule has 28 heavy (non-hydrogen) atoms. The third-order valence-corrected chi connectivity index (χ3v) is 4.69. The van der Waals surface area contributed by atoms with Gasteiger partial charge in [-0.2, -0.15) is 0 Å². The molecule has 0 atom stereocenters. The van der Waals surface area contributed by atoms with Crippen LogP contribution in [0.2, 0.25) is 0 Å². The zero-order valence-corrected chi connectivity index (χ0v) is 16.1. The molecule has 1 fully saturated rings. The summed E-state index contributed by atoms with van der Waals surface area (Å²) in [4.78, 5) is 28.4. The van der Waals surface area contributed by atoms with Crippen molar-refractivity contribution in [3.05, 3.63) is 54.1 Å². The van der Waals surface area contributed by atoms with Crippen molar-refractivity contribution in [3.8, 4) is 11.5 Å². The molecule has 148 valence electrons. The molecule has 0 aliphatic carbocycles. The van der Waals surface area contributed by atoms with Gasteiger partial charge < -0.3 is 24.0 Å². The van der Waals surface area contributed by atoms with Crippen LogP contribution in [0.25, 0.3) is 0 Å². The molecule has 0 N–H and O–H groups in total. The Hall–Kier alpha value is -3.22. The van der Waals surface area contributed by atoms with E-state index >= 15 is 0 Å². The number of rotatable bonds is 6. The lowest BCUT2D eigenvalue weighted by Crippen LogP contribution is -2.50. The van der Waals surface area contributed by atoms with Gasteiger partial charge in [0.1, 0.15) is 11.5 Å².